The quantitative estimate of drug-likeness (QED) is 0.426. The van der Waals surface area contributed by atoms with Crippen molar-refractivity contribution in [2.45, 2.75) is 51.5 Å². The first-order valence-corrected chi connectivity index (χ1v) is 12.8. The molecule has 1 heterocycles. The molecule has 2 aromatic carbocycles. The molecule has 1 N–H and O–H groups in total. The number of hydrogen-bond acceptors (Lipinski definition) is 5. The molecular weight excluding hydrogens is 427 g/mol. The molecule has 3 atom stereocenters. The Morgan fingerprint density at radius 2 is 1.72 bits per heavy atom. The second kappa shape index (κ2) is 11.4. The van der Waals surface area contributed by atoms with Gasteiger partial charge in [-0.3, -0.25) is 9.36 Å². The van der Waals surface area contributed by atoms with Crippen molar-refractivity contribution in [1.29, 1.82) is 0 Å². The SMILES string of the molecule is CCOP(=O)(Cc1ccccc1)N[C@@H](C)C(=O)N1CCC[C@H]1C(=O)OCc1ccccc1. The maximum absolute atomic E-state index is 13.4. The molecule has 1 amide bonds. The summed E-state index contributed by atoms with van der Waals surface area (Å²) in [4.78, 5) is 27.3. The fraction of sp³-hybridized carbons (Fsp3) is 0.417. The van der Waals surface area contributed by atoms with Crippen LogP contribution in [0.3, 0.4) is 0 Å². The number of carbonyl (C=O) groups is 2. The van der Waals surface area contributed by atoms with Crippen molar-refractivity contribution in [3.05, 3.63) is 71.8 Å². The van der Waals surface area contributed by atoms with Gasteiger partial charge in [-0.2, -0.15) is 0 Å². The smallest absolute Gasteiger partial charge is 0.329 e. The number of nitrogens with one attached hydrogen (secondary N) is 1. The lowest BCUT2D eigenvalue weighted by Crippen LogP contribution is -2.49. The Hall–Kier alpha value is -2.47. The molecule has 172 valence electrons. The summed E-state index contributed by atoms with van der Waals surface area (Å²) < 4.78 is 24.4. The average molecular weight is 458 g/mol. The van der Waals surface area contributed by atoms with E-state index in [1.807, 2.05) is 60.7 Å². The Morgan fingerprint density at radius 3 is 2.34 bits per heavy atom. The average Bonchev–Trinajstić information content (AvgIpc) is 3.28. The maximum atomic E-state index is 13.4. The third kappa shape index (κ3) is 6.52. The molecule has 0 aromatic heterocycles. The molecule has 32 heavy (non-hydrogen) atoms. The van der Waals surface area contributed by atoms with Gasteiger partial charge in [0.05, 0.1) is 18.8 Å². The van der Waals surface area contributed by atoms with Crippen LogP contribution in [0.25, 0.3) is 0 Å². The Bertz CT molecular complexity index is 938. The molecule has 1 aliphatic rings. The van der Waals surface area contributed by atoms with Gasteiger partial charge in [-0.15, -0.1) is 0 Å². The van der Waals surface area contributed by atoms with Crippen LogP contribution in [0.2, 0.25) is 0 Å². The van der Waals surface area contributed by atoms with Gasteiger partial charge in [0.25, 0.3) is 7.52 Å². The number of nitrogens with zero attached hydrogens (tertiary/aromatic N) is 1. The van der Waals surface area contributed by atoms with E-state index in [-0.39, 0.29) is 25.3 Å². The third-order valence-corrected chi connectivity index (χ3v) is 7.60. The van der Waals surface area contributed by atoms with Crippen molar-refractivity contribution in [2.24, 2.45) is 0 Å². The zero-order valence-electron chi connectivity index (χ0n) is 18.6. The fourth-order valence-electron chi connectivity index (χ4n) is 3.86. The number of likely N-dealkylation sites (tertiary alicyclic amines) is 1. The normalized spacial score (nSPS) is 18.7. The number of amides is 1. The standard InChI is InChI=1S/C24H31N2O5P/c1-3-31-32(29,18-21-13-8-5-9-14-21)25-19(2)23(27)26-16-10-15-22(26)24(28)30-17-20-11-6-4-7-12-20/h4-9,11-14,19,22H,3,10,15-18H2,1-2H3,(H,25,29)/t19-,22-,32?/m0/s1. The van der Waals surface area contributed by atoms with Crippen molar-refractivity contribution in [3.8, 4) is 0 Å². The van der Waals surface area contributed by atoms with Crippen LogP contribution >= 0.6 is 7.52 Å². The zero-order valence-corrected chi connectivity index (χ0v) is 19.5. The molecule has 0 bridgehead atoms. The van der Waals surface area contributed by atoms with Gasteiger partial charge < -0.3 is 14.2 Å². The first-order chi connectivity index (χ1) is 15.4. The van der Waals surface area contributed by atoms with Crippen molar-refractivity contribution in [1.82, 2.24) is 9.99 Å². The van der Waals surface area contributed by atoms with Crippen molar-refractivity contribution in [2.75, 3.05) is 13.2 Å². The Balaban J connectivity index is 1.62. The van der Waals surface area contributed by atoms with Gasteiger partial charge in [0, 0.05) is 6.54 Å². The molecule has 2 aromatic rings. The lowest BCUT2D eigenvalue weighted by molar-refractivity contribution is -0.154. The van der Waals surface area contributed by atoms with E-state index >= 15 is 0 Å². The number of hydrogen-bond donors (Lipinski definition) is 1. The number of benzene rings is 2. The number of carbonyl (C=O) groups excluding carboxylic acids is 2. The summed E-state index contributed by atoms with van der Waals surface area (Å²) in [5.41, 5.74) is 1.75. The summed E-state index contributed by atoms with van der Waals surface area (Å²) in [7, 11) is -3.30. The van der Waals surface area contributed by atoms with E-state index in [1.165, 1.54) is 4.90 Å². The molecule has 0 spiro atoms. The van der Waals surface area contributed by atoms with Gasteiger partial charge in [-0.1, -0.05) is 60.7 Å². The molecule has 0 saturated carbocycles. The third-order valence-electron chi connectivity index (χ3n) is 5.36. The fourth-order valence-corrected chi connectivity index (χ4v) is 5.93. The molecular formula is C24H31N2O5P. The summed E-state index contributed by atoms with van der Waals surface area (Å²) in [6.07, 6.45) is 1.46. The topological polar surface area (TPSA) is 84.9 Å². The van der Waals surface area contributed by atoms with E-state index in [9.17, 15) is 14.2 Å². The van der Waals surface area contributed by atoms with E-state index in [2.05, 4.69) is 5.09 Å². The Labute approximate surface area is 189 Å². The Morgan fingerprint density at radius 1 is 1.09 bits per heavy atom. The summed E-state index contributed by atoms with van der Waals surface area (Å²) in [5.74, 6) is -0.693. The van der Waals surface area contributed by atoms with Gasteiger partial charge in [0.2, 0.25) is 5.91 Å². The predicted molar refractivity (Wildman–Crippen MR) is 123 cm³/mol. The number of ether oxygens (including phenoxy) is 1. The molecule has 7 nitrogen and oxygen atoms in total. The van der Waals surface area contributed by atoms with Crippen molar-refractivity contribution in [3.63, 3.8) is 0 Å². The molecule has 3 rings (SSSR count). The van der Waals surface area contributed by atoms with E-state index in [0.29, 0.717) is 13.0 Å². The van der Waals surface area contributed by atoms with Crippen LogP contribution in [0.4, 0.5) is 0 Å². The number of esters is 1. The van der Waals surface area contributed by atoms with E-state index in [0.717, 1.165) is 17.5 Å². The lowest BCUT2D eigenvalue weighted by Gasteiger charge is -2.29. The Kier molecular flexibility index (Phi) is 8.62. The highest BCUT2D eigenvalue weighted by Crippen LogP contribution is 2.46. The van der Waals surface area contributed by atoms with Gasteiger partial charge in [0.15, 0.2) is 0 Å². The maximum Gasteiger partial charge on any atom is 0.329 e. The monoisotopic (exact) mass is 458 g/mol. The molecule has 1 saturated heterocycles. The van der Waals surface area contributed by atoms with E-state index in [4.69, 9.17) is 9.26 Å². The summed E-state index contributed by atoms with van der Waals surface area (Å²) in [5, 5.41) is 2.93. The van der Waals surface area contributed by atoms with Crippen LogP contribution in [-0.2, 0) is 36.2 Å². The van der Waals surface area contributed by atoms with E-state index in [1.54, 1.807) is 13.8 Å². The van der Waals surface area contributed by atoms with Crippen LogP contribution in [0.5, 0.6) is 0 Å². The highest BCUT2D eigenvalue weighted by Gasteiger charge is 2.38. The second-order valence-corrected chi connectivity index (χ2v) is 10.0. The highest BCUT2D eigenvalue weighted by molar-refractivity contribution is 7.56. The second-order valence-electron chi connectivity index (χ2n) is 7.87. The van der Waals surface area contributed by atoms with Gasteiger partial charge in [-0.05, 0) is 37.8 Å². The minimum absolute atomic E-state index is 0.169. The van der Waals surface area contributed by atoms with Crippen LogP contribution < -0.4 is 5.09 Å². The zero-order chi connectivity index (χ0) is 23.0. The van der Waals surface area contributed by atoms with Gasteiger partial charge in [0.1, 0.15) is 12.6 Å². The molecule has 1 unspecified atom stereocenters. The molecule has 0 aliphatic carbocycles. The lowest BCUT2D eigenvalue weighted by atomic mass is 10.2. The first-order valence-electron chi connectivity index (χ1n) is 11.0. The molecule has 1 aliphatic heterocycles. The van der Waals surface area contributed by atoms with Gasteiger partial charge >= 0.3 is 5.97 Å². The van der Waals surface area contributed by atoms with Crippen LogP contribution in [0.15, 0.2) is 60.7 Å². The minimum atomic E-state index is -3.30. The summed E-state index contributed by atoms with van der Waals surface area (Å²) >= 11 is 0. The van der Waals surface area contributed by atoms with E-state index < -0.39 is 25.6 Å². The van der Waals surface area contributed by atoms with Crippen molar-refractivity contribution < 1.29 is 23.4 Å². The first kappa shape index (κ1) is 24.2. The van der Waals surface area contributed by atoms with Crippen LogP contribution in [0.1, 0.15) is 37.8 Å². The van der Waals surface area contributed by atoms with Crippen LogP contribution in [-0.4, -0.2) is 42.0 Å². The number of rotatable bonds is 10. The summed E-state index contributed by atoms with van der Waals surface area (Å²) in [6, 6.07) is 17.4. The van der Waals surface area contributed by atoms with Crippen molar-refractivity contribution >= 4 is 19.4 Å². The summed E-state index contributed by atoms with van der Waals surface area (Å²) in [6.45, 7) is 4.32. The predicted octanol–water partition coefficient (Wildman–Crippen LogP) is 4.13. The van der Waals surface area contributed by atoms with Crippen LogP contribution in [0, 0.1) is 0 Å². The largest absolute Gasteiger partial charge is 0.459 e. The molecule has 1 fully saturated rings. The van der Waals surface area contributed by atoms with Gasteiger partial charge in [-0.25, -0.2) is 9.88 Å². The molecule has 8 heteroatoms. The highest BCUT2D eigenvalue weighted by atomic mass is 31.2. The minimum Gasteiger partial charge on any atom is -0.459 e. The molecule has 0 radical (unpaired) electrons.